The van der Waals surface area contributed by atoms with E-state index in [9.17, 15) is 0 Å². The van der Waals surface area contributed by atoms with Crippen molar-refractivity contribution in [3.63, 3.8) is 0 Å². The van der Waals surface area contributed by atoms with Gasteiger partial charge < -0.3 is 0 Å². The summed E-state index contributed by atoms with van der Waals surface area (Å²) in [6, 6.07) is 4.96. The van der Waals surface area contributed by atoms with Crippen molar-refractivity contribution in [3.8, 4) is 0 Å². The summed E-state index contributed by atoms with van der Waals surface area (Å²) in [4.78, 5) is 0. The van der Waals surface area contributed by atoms with Gasteiger partial charge in [0.05, 0.1) is 0 Å². The third-order valence-electron chi connectivity index (χ3n) is 7.58. The fourth-order valence-electron chi connectivity index (χ4n) is 4.04. The molecule has 0 N–H and O–H groups in total. The predicted molar refractivity (Wildman–Crippen MR) is 140 cm³/mol. The van der Waals surface area contributed by atoms with Gasteiger partial charge in [0, 0.05) is 0 Å². The molecule has 0 aliphatic heterocycles. The van der Waals surface area contributed by atoms with E-state index in [0.29, 0.717) is 18.2 Å². The Bertz CT molecular complexity index is 736. The van der Waals surface area contributed by atoms with E-state index < -0.39 is 8.32 Å². The number of hydrogen-bond acceptors (Lipinski definition) is 2. The minimum atomic E-state index is -1.60. The maximum absolute atomic E-state index is 6.29. The van der Waals surface area contributed by atoms with Crippen molar-refractivity contribution in [1.82, 2.24) is 0 Å². The second-order valence-electron chi connectivity index (χ2n) is 12.1. The molecule has 1 radical (unpaired) electrons. The molecule has 1 aromatic carbocycles. The molecular weight excluding hydrogens is 530 g/mol. The van der Waals surface area contributed by atoms with Gasteiger partial charge in [-0.15, -0.1) is 0 Å². The normalized spacial score (nSPS) is 18.1. The van der Waals surface area contributed by atoms with E-state index >= 15 is 0 Å². The van der Waals surface area contributed by atoms with Crippen molar-refractivity contribution in [2.24, 2.45) is 0 Å². The SMILES string of the molecule is CC1(C)CCC(C)(C)c2cc([Se][Se])c(COCCCCCO[Si](C)(C)C(C)(C)C)cc21. The third-order valence-corrected chi connectivity index (χ3v) is 15.3. The van der Waals surface area contributed by atoms with E-state index in [1.807, 2.05) is 0 Å². The van der Waals surface area contributed by atoms with Crippen LogP contribution in [0.2, 0.25) is 18.1 Å². The Hall–Kier alpha value is 0.396. The van der Waals surface area contributed by atoms with Crippen LogP contribution in [0.5, 0.6) is 0 Å². The van der Waals surface area contributed by atoms with Gasteiger partial charge in [0.1, 0.15) is 0 Å². The van der Waals surface area contributed by atoms with Gasteiger partial charge in [0.25, 0.3) is 0 Å². The molecule has 0 spiro atoms. The first-order valence-electron chi connectivity index (χ1n) is 11.9. The van der Waals surface area contributed by atoms with Gasteiger partial charge in [-0.25, -0.2) is 0 Å². The first-order valence-corrected chi connectivity index (χ1v) is 20.0. The molecule has 1 aliphatic rings. The van der Waals surface area contributed by atoms with Crippen LogP contribution in [0.25, 0.3) is 0 Å². The summed E-state index contributed by atoms with van der Waals surface area (Å²) in [6.45, 7) is 23.7. The number of unbranched alkanes of at least 4 members (excludes halogenated alkanes) is 2. The fraction of sp³-hybridized carbons (Fsp3) is 0.769. The second-order valence-corrected chi connectivity index (χ2v) is 20.0. The molecule has 0 aromatic heterocycles. The average Bonchev–Trinajstić information content (AvgIpc) is 2.66. The van der Waals surface area contributed by atoms with E-state index in [2.05, 4.69) is 87.9 Å². The number of fused-ring (bicyclic) bond motifs is 1. The van der Waals surface area contributed by atoms with Crippen LogP contribution in [-0.4, -0.2) is 48.8 Å². The summed E-state index contributed by atoms with van der Waals surface area (Å²) in [6.07, 6.45) is 5.95. The Kier molecular flexibility index (Phi) is 9.60. The Morgan fingerprint density at radius 3 is 2.03 bits per heavy atom. The summed E-state index contributed by atoms with van der Waals surface area (Å²) in [5.74, 6) is 0. The molecule has 177 valence electrons. The maximum atomic E-state index is 6.29. The minimum absolute atomic E-state index is 0.257. The van der Waals surface area contributed by atoms with Gasteiger partial charge in [-0.1, -0.05) is 20.8 Å². The zero-order valence-electron chi connectivity index (χ0n) is 21.4. The van der Waals surface area contributed by atoms with Gasteiger partial charge in [-0.05, 0) is 0 Å². The molecule has 0 bridgehead atoms. The Labute approximate surface area is 206 Å². The van der Waals surface area contributed by atoms with E-state index in [4.69, 9.17) is 9.16 Å². The number of rotatable bonds is 10. The summed E-state index contributed by atoms with van der Waals surface area (Å²) in [7, 11) is -1.60. The molecule has 1 aliphatic carbocycles. The first kappa shape index (κ1) is 27.6. The summed E-state index contributed by atoms with van der Waals surface area (Å²) < 4.78 is 13.9. The van der Waals surface area contributed by atoms with Crippen molar-refractivity contribution in [3.05, 3.63) is 28.8 Å². The average molecular weight is 576 g/mol. The molecule has 0 fully saturated rings. The Morgan fingerprint density at radius 2 is 1.48 bits per heavy atom. The van der Waals surface area contributed by atoms with Gasteiger partial charge in [0.15, 0.2) is 0 Å². The Balaban J connectivity index is 1.85. The van der Waals surface area contributed by atoms with Crippen molar-refractivity contribution in [2.75, 3.05) is 13.2 Å². The number of benzene rings is 1. The van der Waals surface area contributed by atoms with E-state index in [1.165, 1.54) is 34.9 Å². The van der Waals surface area contributed by atoms with E-state index in [0.717, 1.165) is 32.7 Å². The zero-order chi connectivity index (χ0) is 23.5. The molecule has 2 rings (SSSR count). The molecule has 0 unspecified atom stereocenters. The van der Waals surface area contributed by atoms with Crippen molar-refractivity contribution < 1.29 is 9.16 Å². The van der Waals surface area contributed by atoms with Crippen molar-refractivity contribution in [2.45, 2.75) is 116 Å². The molecule has 0 heterocycles. The molecule has 0 atom stereocenters. The topological polar surface area (TPSA) is 18.5 Å². The molecule has 0 saturated carbocycles. The van der Waals surface area contributed by atoms with Crippen molar-refractivity contribution >= 4 is 40.1 Å². The van der Waals surface area contributed by atoms with Gasteiger partial charge in [0.2, 0.25) is 0 Å². The summed E-state index contributed by atoms with van der Waals surface area (Å²) in [5.41, 5.74) is 5.02. The first-order chi connectivity index (χ1) is 14.2. The molecule has 5 heteroatoms. The van der Waals surface area contributed by atoms with Gasteiger partial charge in [-0.2, -0.15) is 0 Å². The van der Waals surface area contributed by atoms with Crippen LogP contribution in [0.15, 0.2) is 12.1 Å². The molecule has 0 saturated heterocycles. The van der Waals surface area contributed by atoms with Crippen LogP contribution in [0.4, 0.5) is 0 Å². The fourth-order valence-corrected chi connectivity index (χ4v) is 7.64. The second kappa shape index (κ2) is 10.8. The number of hydrogen-bond donors (Lipinski definition) is 0. The molecular formula is C26H45O2Se2Si. The standard InChI is InChI=1S/C26H45O2Se2Si/c1-24(2,3)31(8,9)28-16-12-10-11-15-27-19-20-17-21-22(18-23(20)30-29)26(6,7)14-13-25(21,4)5/h17-18H,10-16,19H2,1-9H3. The zero-order valence-corrected chi connectivity index (χ0v) is 25.9. The predicted octanol–water partition coefficient (Wildman–Crippen LogP) is 6.16. The van der Waals surface area contributed by atoms with Crippen LogP contribution in [0, 0.1) is 0 Å². The van der Waals surface area contributed by atoms with E-state index in [1.54, 1.807) is 5.56 Å². The molecule has 0 amide bonds. The monoisotopic (exact) mass is 577 g/mol. The van der Waals surface area contributed by atoms with Crippen molar-refractivity contribution in [1.29, 1.82) is 0 Å². The molecule has 31 heavy (non-hydrogen) atoms. The van der Waals surface area contributed by atoms with Gasteiger partial charge in [-0.3, -0.25) is 0 Å². The molecule has 2 nitrogen and oxygen atoms in total. The quantitative estimate of drug-likeness (QED) is 0.246. The summed E-state index contributed by atoms with van der Waals surface area (Å²) in [5, 5.41) is 0.296. The van der Waals surface area contributed by atoms with E-state index in [-0.39, 0.29) is 10.8 Å². The van der Waals surface area contributed by atoms with Crippen LogP contribution in [0.3, 0.4) is 0 Å². The van der Waals surface area contributed by atoms with Crippen LogP contribution < -0.4 is 4.46 Å². The summed E-state index contributed by atoms with van der Waals surface area (Å²) >= 11 is 3.67. The molecule has 1 aromatic rings. The van der Waals surface area contributed by atoms with Crippen LogP contribution >= 0.6 is 0 Å². The van der Waals surface area contributed by atoms with Crippen LogP contribution in [0.1, 0.15) is 97.3 Å². The number of ether oxygens (including phenoxy) is 1. The van der Waals surface area contributed by atoms with Crippen LogP contribution in [-0.2, 0) is 26.6 Å². The van der Waals surface area contributed by atoms with Gasteiger partial charge >= 0.3 is 187 Å². The Morgan fingerprint density at radius 1 is 0.935 bits per heavy atom. The third kappa shape index (κ3) is 7.19.